The van der Waals surface area contributed by atoms with Gasteiger partial charge in [0.1, 0.15) is 5.75 Å². The summed E-state index contributed by atoms with van der Waals surface area (Å²) in [6.45, 7) is 3.05. The number of rotatable bonds is 4. The van der Waals surface area contributed by atoms with Crippen molar-refractivity contribution in [2.45, 2.75) is 12.5 Å². The third kappa shape index (κ3) is 4.70. The van der Waals surface area contributed by atoms with E-state index in [9.17, 15) is 4.79 Å². The summed E-state index contributed by atoms with van der Waals surface area (Å²) in [5.41, 5.74) is 4.41. The molecule has 1 saturated heterocycles. The first-order valence-corrected chi connectivity index (χ1v) is 12.9. The van der Waals surface area contributed by atoms with Crippen LogP contribution in [0, 0.1) is 0 Å². The summed E-state index contributed by atoms with van der Waals surface area (Å²) in [5.74, 6) is 0.627. The number of hydrogen-bond donors (Lipinski definition) is 1. The number of amides is 1. The summed E-state index contributed by atoms with van der Waals surface area (Å²) >= 11 is 12.6. The predicted molar refractivity (Wildman–Crippen MR) is 145 cm³/mol. The number of nitrogens with one attached hydrogen (secondary N) is 1. The molecule has 6 rings (SSSR count). The summed E-state index contributed by atoms with van der Waals surface area (Å²) in [5, 5.41) is 5.10. The highest BCUT2D eigenvalue weighted by Gasteiger charge is 2.27. The lowest BCUT2D eigenvalue weighted by atomic mass is 9.99. The molecule has 0 unspecified atom stereocenters. The number of pyridine rings is 2. The Kier molecular flexibility index (Phi) is 6.59. The number of carbonyl (C=O) groups is 1. The Morgan fingerprint density at radius 1 is 1.00 bits per heavy atom. The number of carbonyl (C=O) groups excluding carboxylic acids is 1. The van der Waals surface area contributed by atoms with Crippen molar-refractivity contribution in [3.63, 3.8) is 0 Å². The zero-order valence-electron chi connectivity index (χ0n) is 19.9. The van der Waals surface area contributed by atoms with E-state index in [1.54, 1.807) is 18.5 Å². The Balaban J connectivity index is 1.45. The number of aromatic nitrogens is 2. The molecular formula is C28H24Cl2N4O3. The van der Waals surface area contributed by atoms with Gasteiger partial charge in [0.05, 0.1) is 48.3 Å². The van der Waals surface area contributed by atoms with Crippen LogP contribution in [-0.4, -0.2) is 48.8 Å². The van der Waals surface area contributed by atoms with Gasteiger partial charge in [-0.25, -0.2) is 0 Å². The van der Waals surface area contributed by atoms with E-state index < -0.39 is 0 Å². The molecule has 0 bridgehead atoms. The second-order valence-electron chi connectivity index (χ2n) is 9.03. The molecule has 0 spiro atoms. The average Bonchev–Trinajstić information content (AvgIpc) is 2.92. The molecule has 7 nitrogen and oxygen atoms in total. The van der Waals surface area contributed by atoms with E-state index in [0.717, 1.165) is 28.0 Å². The number of hydrogen-bond acceptors (Lipinski definition) is 6. The maximum absolute atomic E-state index is 13.8. The van der Waals surface area contributed by atoms with Crippen molar-refractivity contribution < 1.29 is 14.3 Å². The maximum Gasteiger partial charge on any atom is 0.255 e. The number of anilines is 1. The van der Waals surface area contributed by atoms with Crippen LogP contribution >= 0.6 is 23.2 Å². The molecule has 2 aromatic heterocycles. The molecule has 0 saturated carbocycles. The number of halogens is 2. The van der Waals surface area contributed by atoms with Gasteiger partial charge < -0.3 is 19.7 Å². The number of ether oxygens (including phenoxy) is 2. The Labute approximate surface area is 224 Å². The number of fused-ring (bicyclic) bond motifs is 2. The van der Waals surface area contributed by atoms with Gasteiger partial charge in [0, 0.05) is 58.5 Å². The van der Waals surface area contributed by atoms with Gasteiger partial charge in [0.25, 0.3) is 5.91 Å². The van der Waals surface area contributed by atoms with Gasteiger partial charge in [0.15, 0.2) is 0 Å². The summed E-state index contributed by atoms with van der Waals surface area (Å²) in [4.78, 5) is 25.3. The maximum atomic E-state index is 13.8. The van der Waals surface area contributed by atoms with Crippen LogP contribution in [0.25, 0.3) is 22.2 Å². The molecule has 4 heterocycles. The lowest BCUT2D eigenvalue weighted by molar-refractivity contribution is 0.0923. The van der Waals surface area contributed by atoms with Crippen molar-refractivity contribution in [3.8, 4) is 17.0 Å². The third-order valence-electron chi connectivity index (χ3n) is 6.73. The Morgan fingerprint density at radius 3 is 2.59 bits per heavy atom. The largest absolute Gasteiger partial charge is 0.493 e. The zero-order chi connectivity index (χ0) is 25.4. The fourth-order valence-electron chi connectivity index (χ4n) is 5.03. The monoisotopic (exact) mass is 534 g/mol. The van der Waals surface area contributed by atoms with Crippen molar-refractivity contribution >= 4 is 45.7 Å². The summed E-state index contributed by atoms with van der Waals surface area (Å²) in [7, 11) is 0. The molecule has 0 aliphatic carbocycles. The van der Waals surface area contributed by atoms with Crippen LogP contribution in [0.2, 0.25) is 10.0 Å². The van der Waals surface area contributed by atoms with Crippen molar-refractivity contribution in [2.24, 2.45) is 0 Å². The molecule has 2 aliphatic heterocycles. The van der Waals surface area contributed by atoms with Gasteiger partial charge in [0.2, 0.25) is 0 Å². The van der Waals surface area contributed by atoms with Gasteiger partial charge in [-0.1, -0.05) is 41.4 Å². The van der Waals surface area contributed by atoms with E-state index in [1.807, 2.05) is 42.5 Å². The fourth-order valence-corrected chi connectivity index (χ4v) is 5.56. The summed E-state index contributed by atoms with van der Waals surface area (Å²) in [6.07, 6.45) is 4.07. The number of benzene rings is 2. The third-order valence-corrected chi connectivity index (χ3v) is 7.17. The second-order valence-corrected chi connectivity index (χ2v) is 9.91. The zero-order valence-corrected chi connectivity index (χ0v) is 21.4. The van der Waals surface area contributed by atoms with Crippen LogP contribution in [0.3, 0.4) is 0 Å². The molecule has 9 heteroatoms. The lowest BCUT2D eigenvalue weighted by Gasteiger charge is -2.32. The Hall–Kier alpha value is -3.39. The minimum Gasteiger partial charge on any atom is -0.493 e. The van der Waals surface area contributed by atoms with Crippen LogP contribution in [0.4, 0.5) is 5.69 Å². The lowest BCUT2D eigenvalue weighted by Crippen LogP contribution is -2.39. The molecule has 2 aliphatic rings. The van der Waals surface area contributed by atoms with Gasteiger partial charge in [-0.15, -0.1) is 0 Å². The first-order chi connectivity index (χ1) is 18.1. The molecule has 4 aromatic rings. The Bertz CT molecular complexity index is 1470. The standard InChI is InChI=1S/C28H24Cl2N4O3/c29-18-13-17(14-19(30)15-18)25-26-21(5-7-31-25)27(34-8-11-36-12-9-34)22(16-32-26)28(35)33-23-6-10-37-24-4-2-1-3-20(23)24/h1-5,7,13-16,23H,6,8-12H2,(H,33,35)/t23-/m0/s1. The molecule has 1 N–H and O–H groups in total. The summed E-state index contributed by atoms with van der Waals surface area (Å²) < 4.78 is 11.4. The normalized spacial score (nSPS) is 17.2. The van der Waals surface area contributed by atoms with E-state index in [2.05, 4.69) is 15.2 Å². The first kappa shape index (κ1) is 24.0. The second kappa shape index (κ2) is 10.2. The molecule has 1 amide bonds. The van der Waals surface area contributed by atoms with Crippen LogP contribution in [0.15, 0.2) is 60.9 Å². The minimum atomic E-state index is -0.179. The quantitative estimate of drug-likeness (QED) is 0.362. The van der Waals surface area contributed by atoms with Crippen molar-refractivity contribution in [1.29, 1.82) is 0 Å². The number of morpholine rings is 1. The molecule has 188 valence electrons. The Morgan fingerprint density at radius 2 is 1.78 bits per heavy atom. The first-order valence-electron chi connectivity index (χ1n) is 12.2. The SMILES string of the molecule is O=C(N[C@H]1CCOc2ccccc21)c1cnc2c(-c3cc(Cl)cc(Cl)c3)nccc2c1N1CCOCC1. The molecule has 2 aromatic carbocycles. The molecule has 37 heavy (non-hydrogen) atoms. The van der Waals surface area contributed by atoms with Gasteiger partial charge >= 0.3 is 0 Å². The van der Waals surface area contributed by atoms with Gasteiger partial charge in [-0.05, 0) is 30.3 Å². The predicted octanol–water partition coefficient (Wildman–Crippen LogP) is 5.69. The van der Waals surface area contributed by atoms with Gasteiger partial charge in [-0.2, -0.15) is 0 Å². The number of para-hydroxylation sites is 1. The van der Waals surface area contributed by atoms with Crippen molar-refractivity contribution in [3.05, 3.63) is 82.1 Å². The topological polar surface area (TPSA) is 76.6 Å². The highest BCUT2D eigenvalue weighted by molar-refractivity contribution is 6.35. The van der Waals surface area contributed by atoms with Crippen LogP contribution < -0.4 is 15.0 Å². The minimum absolute atomic E-state index is 0.146. The van der Waals surface area contributed by atoms with E-state index in [1.165, 1.54) is 0 Å². The highest BCUT2D eigenvalue weighted by atomic mass is 35.5. The molecule has 1 atom stereocenters. The van der Waals surface area contributed by atoms with Crippen LogP contribution in [-0.2, 0) is 4.74 Å². The molecule has 1 fully saturated rings. The van der Waals surface area contributed by atoms with Crippen LogP contribution in [0.5, 0.6) is 5.75 Å². The van der Waals surface area contributed by atoms with E-state index >= 15 is 0 Å². The fraction of sp³-hybridized carbons (Fsp3) is 0.250. The highest BCUT2D eigenvalue weighted by Crippen LogP contribution is 2.37. The van der Waals surface area contributed by atoms with E-state index in [4.69, 9.17) is 37.7 Å². The van der Waals surface area contributed by atoms with Crippen LogP contribution in [0.1, 0.15) is 28.4 Å². The van der Waals surface area contributed by atoms with Crippen molar-refractivity contribution in [2.75, 3.05) is 37.8 Å². The molecule has 0 radical (unpaired) electrons. The number of nitrogens with zero attached hydrogens (tertiary/aromatic N) is 3. The smallest absolute Gasteiger partial charge is 0.255 e. The van der Waals surface area contributed by atoms with Crippen molar-refractivity contribution in [1.82, 2.24) is 15.3 Å². The van der Waals surface area contributed by atoms with Gasteiger partial charge in [-0.3, -0.25) is 14.8 Å². The summed E-state index contributed by atoms with van der Waals surface area (Å²) in [6, 6.07) is 14.9. The molecular weight excluding hydrogens is 511 g/mol. The van der Waals surface area contributed by atoms with E-state index in [-0.39, 0.29) is 11.9 Å². The average molecular weight is 535 g/mol. The van der Waals surface area contributed by atoms with E-state index in [0.29, 0.717) is 66.2 Å².